The highest BCUT2D eigenvalue weighted by Gasteiger charge is 2.53. The van der Waals surface area contributed by atoms with Crippen LogP contribution in [0, 0.1) is 0 Å². The van der Waals surface area contributed by atoms with Crippen molar-refractivity contribution in [2.45, 2.75) is 49.1 Å². The normalized spacial score (nSPS) is 37.7. The molecular formula is C22H22Cl2N6O13P2. The van der Waals surface area contributed by atoms with Crippen molar-refractivity contribution in [1.29, 1.82) is 0 Å². The maximum absolute atomic E-state index is 13.2. The van der Waals surface area contributed by atoms with Crippen LogP contribution < -0.4 is 5.56 Å². The number of rotatable bonds is 2. The molecule has 0 spiro atoms. The molecule has 1 aromatic carbocycles. The van der Waals surface area contributed by atoms with Crippen LogP contribution in [0.2, 0.25) is 10.0 Å². The van der Waals surface area contributed by atoms with E-state index < -0.39 is 83.5 Å². The Morgan fingerprint density at radius 3 is 2.24 bits per heavy atom. The molecule has 3 saturated heterocycles. The van der Waals surface area contributed by atoms with Crippen molar-refractivity contribution < 1.29 is 56.7 Å². The van der Waals surface area contributed by atoms with Crippen LogP contribution in [-0.4, -0.2) is 98.9 Å². The second-order valence-electron chi connectivity index (χ2n) is 10.2. The molecule has 4 unspecified atom stereocenters. The number of aromatic amines is 1. The third-order valence-electron chi connectivity index (χ3n) is 7.47. The van der Waals surface area contributed by atoms with Crippen LogP contribution in [0.4, 0.5) is 0 Å². The average Bonchev–Trinajstić information content (AvgIpc) is 3.73. The molecule has 0 aliphatic carbocycles. The number of phosphoric acid groups is 2. The van der Waals surface area contributed by atoms with Crippen molar-refractivity contribution in [2.75, 3.05) is 13.2 Å². The van der Waals surface area contributed by atoms with Gasteiger partial charge >= 0.3 is 15.6 Å². The number of benzene rings is 1. The first kappa shape index (κ1) is 31.3. The van der Waals surface area contributed by atoms with Crippen molar-refractivity contribution in [3.63, 3.8) is 0 Å². The molecule has 10 atom stereocenters. The fourth-order valence-corrected chi connectivity index (χ4v) is 7.60. The second kappa shape index (κ2) is 11.4. The first-order valence-electron chi connectivity index (χ1n) is 13.0. The van der Waals surface area contributed by atoms with Gasteiger partial charge in [0.15, 0.2) is 23.6 Å². The summed E-state index contributed by atoms with van der Waals surface area (Å²) in [5.74, 6) is 0. The lowest BCUT2D eigenvalue weighted by Gasteiger charge is -2.25. The summed E-state index contributed by atoms with van der Waals surface area (Å²) in [6.07, 6.45) is -8.83. The van der Waals surface area contributed by atoms with E-state index in [2.05, 4.69) is 19.9 Å². The Morgan fingerprint density at radius 2 is 1.49 bits per heavy atom. The lowest BCUT2D eigenvalue weighted by Crippen LogP contribution is -2.36. The monoisotopic (exact) mass is 710 g/mol. The first-order valence-corrected chi connectivity index (χ1v) is 16.8. The topological polar surface area (TPSA) is 252 Å². The standard InChI is InChI=1S/C22H22Cl2N6O13P2/c23-8-1-10-11(2-9(8)24)29(6-27-10)21-16(32)17-13(41-21)4-39-45(36,37)43-18-15(31)12(3-38-44(34,35)42-17)40-22(18)30-7-28-14-19(30)25-5-26-20(14)33/h1-2,5-7,12-13,15-18,21-22,31-32H,3-4H2,(H,34,35)(H,36,37)(H,25,26,33)/t12-,13-,15?,16?,17+,18+,21-,22-/m1/s1. The zero-order chi connectivity index (χ0) is 31.8. The number of aliphatic hydroxyl groups is 2. The summed E-state index contributed by atoms with van der Waals surface area (Å²) in [4.78, 5) is 48.0. The van der Waals surface area contributed by atoms with Crippen LogP contribution in [0.15, 0.2) is 35.9 Å². The number of nitrogens with one attached hydrogen (secondary N) is 1. The third kappa shape index (κ3) is 5.66. The zero-order valence-corrected chi connectivity index (χ0v) is 25.6. The minimum atomic E-state index is -5.08. The van der Waals surface area contributed by atoms with Crippen molar-refractivity contribution in [3.05, 3.63) is 51.5 Å². The molecule has 19 nitrogen and oxygen atoms in total. The fourth-order valence-electron chi connectivity index (χ4n) is 5.39. The molecule has 242 valence electrons. The number of fused-ring (bicyclic) bond motifs is 5. The Morgan fingerprint density at radius 1 is 0.844 bits per heavy atom. The van der Waals surface area contributed by atoms with Gasteiger partial charge in [0.1, 0.15) is 36.6 Å². The molecule has 0 saturated carbocycles. The zero-order valence-electron chi connectivity index (χ0n) is 22.3. The SMILES string of the molecule is O=c1[nH]cnc2c1ncn2[C@@H]1O[C@@H]2COP(=O)(O)O[C@@H]3C(O)[C@H](n4cnc5cc(Cl)c(Cl)cc54)O[C@@H]3COP(=O)(O)O[C@H]1C2O. The summed E-state index contributed by atoms with van der Waals surface area (Å²) in [5, 5.41) is 22.6. The summed E-state index contributed by atoms with van der Waals surface area (Å²) in [7, 11) is -10.1. The number of aliphatic hydroxyl groups excluding tert-OH is 2. The van der Waals surface area contributed by atoms with Gasteiger partial charge in [0.2, 0.25) is 0 Å². The van der Waals surface area contributed by atoms with Crippen molar-refractivity contribution in [1.82, 2.24) is 29.1 Å². The highest BCUT2D eigenvalue weighted by atomic mass is 35.5. The molecule has 6 heterocycles. The molecule has 0 amide bonds. The number of phosphoric ester groups is 2. The quantitative estimate of drug-likeness (QED) is 0.182. The predicted molar refractivity (Wildman–Crippen MR) is 149 cm³/mol. The molecule has 4 aromatic rings. The Bertz CT molecular complexity index is 1940. The van der Waals surface area contributed by atoms with Crippen LogP contribution in [0.5, 0.6) is 0 Å². The van der Waals surface area contributed by atoms with E-state index in [1.54, 1.807) is 0 Å². The van der Waals surface area contributed by atoms with E-state index in [1.807, 2.05) is 0 Å². The maximum Gasteiger partial charge on any atom is 0.472 e. The minimum Gasteiger partial charge on any atom is -0.387 e. The minimum absolute atomic E-state index is 0.0186. The highest BCUT2D eigenvalue weighted by Crippen LogP contribution is 2.53. The average molecular weight is 711 g/mol. The number of nitrogens with zero attached hydrogens (tertiary/aromatic N) is 5. The van der Waals surface area contributed by atoms with Crippen LogP contribution in [0.1, 0.15) is 12.5 Å². The summed E-state index contributed by atoms with van der Waals surface area (Å²) < 4.78 is 61.4. The lowest BCUT2D eigenvalue weighted by atomic mass is 10.1. The van der Waals surface area contributed by atoms with Gasteiger partial charge in [0, 0.05) is 0 Å². The maximum atomic E-state index is 13.2. The van der Waals surface area contributed by atoms with Crippen LogP contribution in [-0.2, 0) is 36.7 Å². The van der Waals surface area contributed by atoms with Crippen LogP contribution in [0.25, 0.3) is 22.2 Å². The van der Waals surface area contributed by atoms with Gasteiger partial charge in [-0.15, -0.1) is 0 Å². The van der Waals surface area contributed by atoms with E-state index in [0.29, 0.717) is 11.0 Å². The van der Waals surface area contributed by atoms with Crippen LogP contribution in [0.3, 0.4) is 0 Å². The van der Waals surface area contributed by atoms with Crippen molar-refractivity contribution in [2.24, 2.45) is 0 Å². The largest absolute Gasteiger partial charge is 0.472 e. The van der Waals surface area contributed by atoms with Gasteiger partial charge in [0.25, 0.3) is 5.56 Å². The molecule has 23 heteroatoms. The van der Waals surface area contributed by atoms with E-state index in [-0.39, 0.29) is 21.2 Å². The molecule has 3 aliphatic rings. The third-order valence-corrected chi connectivity index (χ3v) is 10.2. The first-order chi connectivity index (χ1) is 21.3. The van der Waals surface area contributed by atoms with Crippen LogP contribution >= 0.6 is 38.8 Å². The van der Waals surface area contributed by atoms with Crippen molar-refractivity contribution >= 4 is 61.0 Å². The summed E-state index contributed by atoms with van der Waals surface area (Å²) in [5.41, 5.74) is 0.0511. The Balaban J connectivity index is 1.20. The Labute approximate surface area is 260 Å². The van der Waals surface area contributed by atoms with Gasteiger partial charge in [-0.25, -0.2) is 24.1 Å². The number of hydrogen-bond acceptors (Lipinski definition) is 14. The number of aromatic nitrogens is 6. The molecule has 2 bridgehead atoms. The summed E-state index contributed by atoms with van der Waals surface area (Å²) in [6.45, 7) is -1.60. The summed E-state index contributed by atoms with van der Waals surface area (Å²) >= 11 is 12.2. The number of ether oxygens (including phenoxy) is 2. The van der Waals surface area contributed by atoms with E-state index in [0.717, 1.165) is 12.7 Å². The van der Waals surface area contributed by atoms with E-state index in [1.165, 1.54) is 27.6 Å². The molecule has 0 radical (unpaired) electrons. The van der Waals surface area contributed by atoms with Crippen molar-refractivity contribution in [3.8, 4) is 0 Å². The number of halogens is 2. The number of hydrogen-bond donors (Lipinski definition) is 5. The number of imidazole rings is 2. The lowest BCUT2D eigenvalue weighted by molar-refractivity contribution is -0.0671. The van der Waals surface area contributed by atoms with Gasteiger partial charge in [-0.3, -0.25) is 27.5 Å². The fraction of sp³-hybridized carbons (Fsp3) is 0.455. The molecular weight excluding hydrogens is 689 g/mol. The van der Waals surface area contributed by atoms with Gasteiger partial charge in [-0.1, -0.05) is 23.2 Å². The molecule has 3 fully saturated rings. The van der Waals surface area contributed by atoms with E-state index in [4.69, 9.17) is 50.8 Å². The van der Waals surface area contributed by atoms with E-state index in [9.17, 15) is 33.9 Å². The Hall–Kier alpha value is -2.32. The smallest absolute Gasteiger partial charge is 0.387 e. The predicted octanol–water partition coefficient (Wildman–Crippen LogP) is 1.01. The highest BCUT2D eigenvalue weighted by molar-refractivity contribution is 7.47. The molecule has 45 heavy (non-hydrogen) atoms. The molecule has 5 N–H and O–H groups in total. The van der Waals surface area contributed by atoms with Gasteiger partial charge in [0.05, 0.1) is 53.3 Å². The Kier molecular flexibility index (Phi) is 7.95. The molecule has 3 aliphatic heterocycles. The summed E-state index contributed by atoms with van der Waals surface area (Å²) in [6, 6.07) is 2.95. The number of H-pyrrole nitrogens is 1. The second-order valence-corrected chi connectivity index (χ2v) is 13.9. The van der Waals surface area contributed by atoms with E-state index >= 15 is 0 Å². The molecule has 3 aromatic heterocycles. The van der Waals surface area contributed by atoms with Gasteiger partial charge < -0.3 is 39.0 Å². The van der Waals surface area contributed by atoms with Gasteiger partial charge in [-0.2, -0.15) is 0 Å². The van der Waals surface area contributed by atoms with Gasteiger partial charge in [-0.05, 0) is 12.1 Å². The molecule has 7 rings (SSSR count).